The number of hydrogen-bond donors (Lipinski definition) is 2. The van der Waals surface area contributed by atoms with Crippen molar-refractivity contribution >= 4 is 11.8 Å². The number of ether oxygens (including phenoxy) is 1. The number of benzene rings is 1. The molecule has 0 bridgehead atoms. The van der Waals surface area contributed by atoms with E-state index in [4.69, 9.17) is 4.74 Å². The third-order valence-electron chi connectivity index (χ3n) is 3.00. The largest absolute Gasteiger partial charge is 0.544 e. The molecule has 110 valence electrons. The lowest BCUT2D eigenvalue weighted by molar-refractivity contribution is -0.688. The molecule has 0 aliphatic heterocycles. The monoisotopic (exact) mass is 281 g/mol. The summed E-state index contributed by atoms with van der Waals surface area (Å²) >= 11 is 0. The van der Waals surface area contributed by atoms with E-state index in [9.17, 15) is 19.8 Å². The highest BCUT2D eigenvalue weighted by molar-refractivity contribution is 5.96. The third-order valence-corrected chi connectivity index (χ3v) is 3.00. The fourth-order valence-corrected chi connectivity index (χ4v) is 1.81. The maximum Gasteiger partial charge on any atom is 0.168 e. The predicted octanol–water partition coefficient (Wildman–Crippen LogP) is -1.67. The Hall–Kier alpha value is -1.92. The molecule has 0 saturated heterocycles. The molecule has 1 aromatic rings. The van der Waals surface area contributed by atoms with Crippen LogP contribution in [-0.2, 0) is 4.79 Å². The Morgan fingerprint density at radius 3 is 2.40 bits per heavy atom. The second kappa shape index (κ2) is 7.62. The van der Waals surface area contributed by atoms with Gasteiger partial charge in [-0.2, -0.15) is 0 Å². The fourth-order valence-electron chi connectivity index (χ4n) is 1.81. The van der Waals surface area contributed by atoms with Crippen LogP contribution in [0.25, 0.3) is 0 Å². The first kappa shape index (κ1) is 16.1. The number of Topliss-reactive ketones (excluding diaryl/α,β-unsaturated/α-hetero) is 1. The van der Waals surface area contributed by atoms with E-state index >= 15 is 0 Å². The van der Waals surface area contributed by atoms with Gasteiger partial charge in [-0.15, -0.1) is 0 Å². The van der Waals surface area contributed by atoms with Crippen LogP contribution in [0.3, 0.4) is 0 Å². The first-order chi connectivity index (χ1) is 9.45. The summed E-state index contributed by atoms with van der Waals surface area (Å²) in [7, 11) is 1.54. The molecule has 0 fully saturated rings. The number of carboxylic acid groups (broad SMARTS) is 1. The smallest absolute Gasteiger partial charge is 0.168 e. The minimum Gasteiger partial charge on any atom is -0.544 e. The average Bonchev–Trinajstić information content (AvgIpc) is 2.42. The maximum atomic E-state index is 11.9. The van der Waals surface area contributed by atoms with Crippen molar-refractivity contribution < 1.29 is 29.9 Å². The summed E-state index contributed by atoms with van der Waals surface area (Å²) in [5, 5.41) is 21.4. The van der Waals surface area contributed by atoms with Gasteiger partial charge in [0.15, 0.2) is 11.8 Å². The zero-order chi connectivity index (χ0) is 15.1. The van der Waals surface area contributed by atoms with Crippen molar-refractivity contribution in [2.24, 2.45) is 0 Å². The van der Waals surface area contributed by atoms with Crippen LogP contribution in [0.4, 0.5) is 0 Å². The number of nitrogens with two attached hydrogens (primary N) is 1. The Balaban J connectivity index is 2.48. The standard InChI is InChI=1S/C14H19NO5/c1-9(16)13(14(18)19)15-8-7-12(17)10-3-5-11(20-2)6-4-10/h3-6,9,13,15-16H,7-8H2,1-2H3,(H,18,19)/t9-,13-/m1/s1. The number of aliphatic hydroxyl groups excluding tert-OH is 1. The number of methoxy groups -OCH3 is 1. The normalized spacial score (nSPS) is 13.6. The van der Waals surface area contributed by atoms with Crippen LogP contribution in [0.2, 0.25) is 0 Å². The van der Waals surface area contributed by atoms with Crippen LogP contribution >= 0.6 is 0 Å². The Morgan fingerprint density at radius 1 is 1.35 bits per heavy atom. The lowest BCUT2D eigenvalue weighted by Crippen LogP contribution is -2.95. The molecule has 1 rings (SSSR count). The summed E-state index contributed by atoms with van der Waals surface area (Å²) in [6.07, 6.45) is -0.848. The molecule has 20 heavy (non-hydrogen) atoms. The minimum atomic E-state index is -1.34. The maximum absolute atomic E-state index is 11.9. The molecular weight excluding hydrogens is 262 g/mol. The number of carbonyl (C=O) groups excluding carboxylic acids is 2. The summed E-state index contributed by atoms with van der Waals surface area (Å²) in [6, 6.07) is 5.64. The quantitative estimate of drug-likeness (QED) is 0.555. The number of carbonyl (C=O) groups is 2. The molecule has 2 atom stereocenters. The van der Waals surface area contributed by atoms with Crippen LogP contribution < -0.4 is 15.2 Å². The van der Waals surface area contributed by atoms with Gasteiger partial charge in [-0.3, -0.25) is 4.79 Å². The van der Waals surface area contributed by atoms with Gasteiger partial charge in [0, 0.05) is 5.56 Å². The first-order valence-corrected chi connectivity index (χ1v) is 6.35. The number of aliphatic hydroxyl groups is 1. The van der Waals surface area contributed by atoms with Gasteiger partial charge in [-0.25, -0.2) is 0 Å². The van der Waals surface area contributed by atoms with E-state index in [1.165, 1.54) is 12.2 Å². The summed E-state index contributed by atoms with van der Waals surface area (Å²) in [5.74, 6) is -0.761. The van der Waals surface area contributed by atoms with E-state index in [0.717, 1.165) is 0 Å². The Kier molecular flexibility index (Phi) is 6.14. The molecule has 0 spiro atoms. The molecule has 6 heteroatoms. The molecule has 0 saturated carbocycles. The number of rotatable bonds is 8. The van der Waals surface area contributed by atoms with Gasteiger partial charge in [0.25, 0.3) is 0 Å². The molecule has 0 heterocycles. The van der Waals surface area contributed by atoms with Crippen LogP contribution in [0.1, 0.15) is 23.7 Å². The second-order valence-electron chi connectivity index (χ2n) is 4.51. The first-order valence-electron chi connectivity index (χ1n) is 6.35. The Labute approximate surface area is 117 Å². The zero-order valence-corrected chi connectivity index (χ0v) is 11.5. The Morgan fingerprint density at radius 2 is 1.95 bits per heavy atom. The van der Waals surface area contributed by atoms with Gasteiger partial charge >= 0.3 is 0 Å². The van der Waals surface area contributed by atoms with Crippen molar-refractivity contribution in [3.05, 3.63) is 29.8 Å². The van der Waals surface area contributed by atoms with Crippen molar-refractivity contribution in [3.8, 4) is 5.75 Å². The topological polar surface area (TPSA) is 103 Å². The van der Waals surface area contributed by atoms with Gasteiger partial charge in [0.1, 0.15) is 17.8 Å². The van der Waals surface area contributed by atoms with Gasteiger partial charge in [0.05, 0.1) is 20.1 Å². The number of ketones is 1. The number of aliphatic carboxylic acids is 1. The van der Waals surface area contributed by atoms with Crippen LogP contribution in [-0.4, -0.2) is 42.7 Å². The molecular formula is C14H19NO5. The van der Waals surface area contributed by atoms with E-state index in [-0.39, 0.29) is 18.7 Å². The lowest BCUT2D eigenvalue weighted by Gasteiger charge is -2.18. The van der Waals surface area contributed by atoms with Gasteiger partial charge in [-0.05, 0) is 31.2 Å². The highest BCUT2D eigenvalue weighted by Crippen LogP contribution is 2.12. The highest BCUT2D eigenvalue weighted by atomic mass is 16.5. The SMILES string of the molecule is COc1ccc(C(=O)CC[NH2+][C@@H](C(=O)[O-])[C@@H](C)O)cc1. The van der Waals surface area contributed by atoms with E-state index in [1.807, 2.05) is 0 Å². The number of quaternary nitrogens is 1. The van der Waals surface area contributed by atoms with Crippen LogP contribution in [0.15, 0.2) is 24.3 Å². The van der Waals surface area contributed by atoms with E-state index in [0.29, 0.717) is 11.3 Å². The van der Waals surface area contributed by atoms with E-state index < -0.39 is 18.1 Å². The molecule has 0 aromatic heterocycles. The van der Waals surface area contributed by atoms with Crippen LogP contribution in [0, 0.1) is 0 Å². The van der Waals surface area contributed by atoms with Crippen molar-refractivity contribution in [1.29, 1.82) is 0 Å². The van der Waals surface area contributed by atoms with Crippen molar-refractivity contribution in [2.75, 3.05) is 13.7 Å². The summed E-state index contributed by atoms with van der Waals surface area (Å²) in [6.45, 7) is 1.65. The average molecular weight is 281 g/mol. The molecule has 0 aliphatic carbocycles. The van der Waals surface area contributed by atoms with Crippen LogP contribution in [0.5, 0.6) is 5.75 Å². The molecule has 3 N–H and O–H groups in total. The minimum absolute atomic E-state index is 0.0911. The molecule has 0 aliphatic rings. The van der Waals surface area contributed by atoms with Gasteiger partial charge in [-0.1, -0.05) is 0 Å². The third kappa shape index (κ3) is 4.64. The molecule has 0 unspecified atom stereocenters. The molecule has 1 aromatic carbocycles. The molecule has 6 nitrogen and oxygen atoms in total. The predicted molar refractivity (Wildman–Crippen MR) is 69.2 cm³/mol. The van der Waals surface area contributed by atoms with Gasteiger partial charge < -0.3 is 25.1 Å². The summed E-state index contributed by atoms with van der Waals surface area (Å²) < 4.78 is 5.00. The fraction of sp³-hybridized carbons (Fsp3) is 0.429. The number of hydrogen-bond acceptors (Lipinski definition) is 5. The van der Waals surface area contributed by atoms with Gasteiger partial charge in [0.2, 0.25) is 0 Å². The Bertz CT molecular complexity index is 455. The molecule has 0 radical (unpaired) electrons. The zero-order valence-electron chi connectivity index (χ0n) is 11.5. The van der Waals surface area contributed by atoms with Crippen molar-refractivity contribution in [3.63, 3.8) is 0 Å². The number of carboxylic acids is 1. The lowest BCUT2D eigenvalue weighted by atomic mass is 10.1. The molecule has 0 amide bonds. The van der Waals surface area contributed by atoms with E-state index in [2.05, 4.69) is 0 Å². The van der Waals surface area contributed by atoms with Crippen molar-refractivity contribution in [1.82, 2.24) is 0 Å². The summed E-state index contributed by atoms with van der Waals surface area (Å²) in [4.78, 5) is 22.6. The second-order valence-corrected chi connectivity index (χ2v) is 4.51. The highest BCUT2D eigenvalue weighted by Gasteiger charge is 2.19. The van der Waals surface area contributed by atoms with E-state index in [1.54, 1.807) is 31.4 Å². The summed E-state index contributed by atoms with van der Waals surface area (Å²) in [5.41, 5.74) is 0.543. The van der Waals surface area contributed by atoms with Crippen molar-refractivity contribution in [2.45, 2.75) is 25.5 Å².